The third kappa shape index (κ3) is 1.41. The predicted octanol–water partition coefficient (Wildman–Crippen LogP) is 1.35. The molecule has 1 aromatic carbocycles. The summed E-state index contributed by atoms with van der Waals surface area (Å²) in [7, 11) is 0. The van der Waals surface area contributed by atoms with Gasteiger partial charge < -0.3 is 5.32 Å². The van der Waals surface area contributed by atoms with Gasteiger partial charge in [0.15, 0.2) is 5.54 Å². The van der Waals surface area contributed by atoms with E-state index in [1.54, 1.807) is 6.92 Å². The van der Waals surface area contributed by atoms with Gasteiger partial charge in [-0.2, -0.15) is 0 Å². The number of imide groups is 1. The zero-order valence-corrected chi connectivity index (χ0v) is 9.80. The Kier molecular flexibility index (Phi) is 1.97. The van der Waals surface area contributed by atoms with E-state index in [2.05, 4.69) is 15.6 Å². The van der Waals surface area contributed by atoms with Crippen LogP contribution in [-0.4, -0.2) is 16.9 Å². The van der Waals surface area contributed by atoms with Gasteiger partial charge in [-0.15, -0.1) is 11.3 Å². The molecule has 2 N–H and O–H groups in total. The van der Waals surface area contributed by atoms with Crippen LogP contribution in [0.3, 0.4) is 0 Å². The fourth-order valence-corrected chi connectivity index (χ4v) is 2.84. The van der Waals surface area contributed by atoms with E-state index in [1.807, 2.05) is 24.3 Å². The van der Waals surface area contributed by atoms with Gasteiger partial charge in [-0.1, -0.05) is 12.1 Å². The van der Waals surface area contributed by atoms with Crippen LogP contribution in [0.4, 0.5) is 4.79 Å². The van der Waals surface area contributed by atoms with Gasteiger partial charge in [0, 0.05) is 0 Å². The van der Waals surface area contributed by atoms with Gasteiger partial charge in [0.25, 0.3) is 5.91 Å². The molecule has 0 radical (unpaired) electrons. The van der Waals surface area contributed by atoms with Crippen LogP contribution in [0.25, 0.3) is 10.2 Å². The van der Waals surface area contributed by atoms with Crippen molar-refractivity contribution in [2.75, 3.05) is 0 Å². The normalized spacial score (nSPS) is 23.8. The van der Waals surface area contributed by atoms with E-state index in [0.717, 1.165) is 10.2 Å². The summed E-state index contributed by atoms with van der Waals surface area (Å²) in [5, 5.41) is 5.43. The van der Waals surface area contributed by atoms with Crippen molar-refractivity contribution in [3.05, 3.63) is 29.3 Å². The van der Waals surface area contributed by atoms with E-state index >= 15 is 0 Å². The highest BCUT2D eigenvalue weighted by Crippen LogP contribution is 2.31. The molecule has 1 aliphatic heterocycles. The molecule has 1 aromatic heterocycles. The molecule has 0 spiro atoms. The highest BCUT2D eigenvalue weighted by molar-refractivity contribution is 7.18. The summed E-state index contributed by atoms with van der Waals surface area (Å²) in [5.41, 5.74) is -0.219. The highest BCUT2D eigenvalue weighted by Gasteiger charge is 2.45. The van der Waals surface area contributed by atoms with Gasteiger partial charge in [0.1, 0.15) is 5.01 Å². The molecule has 1 saturated heterocycles. The van der Waals surface area contributed by atoms with Gasteiger partial charge in [0.05, 0.1) is 10.2 Å². The predicted molar refractivity (Wildman–Crippen MR) is 63.6 cm³/mol. The maximum atomic E-state index is 11.8. The minimum Gasteiger partial charge on any atom is -0.318 e. The van der Waals surface area contributed by atoms with Crippen LogP contribution in [0.5, 0.6) is 0 Å². The SMILES string of the molecule is CC1(c2nc3ccccc3s2)NC(=O)NC1=O. The number of carbonyl (C=O) groups is 2. The largest absolute Gasteiger partial charge is 0.322 e. The Hall–Kier alpha value is -1.95. The minimum atomic E-state index is -1.05. The lowest BCUT2D eigenvalue weighted by molar-refractivity contribution is -0.123. The van der Waals surface area contributed by atoms with Gasteiger partial charge in [-0.25, -0.2) is 9.78 Å². The Balaban J connectivity index is 2.15. The number of nitrogens with one attached hydrogen (secondary N) is 2. The third-order valence-corrected chi connectivity index (χ3v) is 4.02. The number of carbonyl (C=O) groups excluding carboxylic acids is 2. The van der Waals surface area contributed by atoms with Crippen molar-refractivity contribution in [2.45, 2.75) is 12.5 Å². The van der Waals surface area contributed by atoms with Crippen LogP contribution < -0.4 is 10.6 Å². The van der Waals surface area contributed by atoms with Crippen molar-refractivity contribution in [2.24, 2.45) is 0 Å². The van der Waals surface area contributed by atoms with Crippen molar-refractivity contribution in [1.29, 1.82) is 0 Å². The number of urea groups is 1. The van der Waals surface area contributed by atoms with E-state index in [4.69, 9.17) is 0 Å². The number of nitrogens with zero attached hydrogens (tertiary/aromatic N) is 1. The van der Waals surface area contributed by atoms with Crippen LogP contribution in [-0.2, 0) is 10.3 Å². The molecule has 1 aliphatic rings. The summed E-state index contributed by atoms with van der Waals surface area (Å²) < 4.78 is 0.998. The van der Waals surface area contributed by atoms with Gasteiger partial charge >= 0.3 is 6.03 Å². The second kappa shape index (κ2) is 3.27. The lowest BCUT2D eigenvalue weighted by atomic mass is 10.1. The average molecular weight is 247 g/mol. The third-order valence-electron chi connectivity index (χ3n) is 2.77. The maximum Gasteiger partial charge on any atom is 0.322 e. The number of amides is 3. The molecule has 2 heterocycles. The zero-order chi connectivity index (χ0) is 12.0. The molecule has 2 aromatic rings. The summed E-state index contributed by atoms with van der Waals surface area (Å²) in [6, 6.07) is 7.15. The summed E-state index contributed by atoms with van der Waals surface area (Å²) >= 11 is 1.41. The number of hydrogen-bond donors (Lipinski definition) is 2. The molecule has 1 atom stereocenters. The van der Waals surface area contributed by atoms with Crippen LogP contribution in [0.1, 0.15) is 11.9 Å². The fraction of sp³-hybridized carbons (Fsp3) is 0.182. The smallest absolute Gasteiger partial charge is 0.318 e. The second-order valence-electron chi connectivity index (χ2n) is 4.02. The molecular formula is C11H9N3O2S. The van der Waals surface area contributed by atoms with Crippen molar-refractivity contribution in [3.8, 4) is 0 Å². The highest BCUT2D eigenvalue weighted by atomic mass is 32.1. The molecule has 1 fully saturated rings. The van der Waals surface area contributed by atoms with Crippen molar-refractivity contribution in [3.63, 3.8) is 0 Å². The minimum absolute atomic E-state index is 0.360. The Bertz CT molecular complexity index is 603. The fourth-order valence-electron chi connectivity index (χ4n) is 1.78. The van der Waals surface area contributed by atoms with E-state index in [1.165, 1.54) is 11.3 Å². The Labute approximate surface area is 101 Å². The van der Waals surface area contributed by atoms with Crippen LogP contribution >= 0.6 is 11.3 Å². The molecule has 3 amide bonds. The first-order valence-electron chi connectivity index (χ1n) is 5.09. The molecule has 6 heteroatoms. The standard InChI is InChI=1S/C11H9N3O2S/c1-11(8(15)13-10(16)14-11)9-12-6-4-2-3-5-7(6)17-9/h2-5H,1H3,(H2,13,14,15,16). The number of rotatable bonds is 1. The van der Waals surface area contributed by atoms with Gasteiger partial charge in [-0.05, 0) is 19.1 Å². The number of thiazole rings is 1. The van der Waals surface area contributed by atoms with Crippen molar-refractivity contribution >= 4 is 33.5 Å². The zero-order valence-electron chi connectivity index (χ0n) is 8.98. The first-order valence-corrected chi connectivity index (χ1v) is 5.91. The number of aromatic nitrogens is 1. The molecule has 17 heavy (non-hydrogen) atoms. The summed E-state index contributed by atoms with van der Waals surface area (Å²) in [5.74, 6) is -0.360. The summed E-state index contributed by atoms with van der Waals surface area (Å²) in [6.07, 6.45) is 0. The quantitative estimate of drug-likeness (QED) is 0.747. The molecular weight excluding hydrogens is 238 g/mol. The molecule has 0 saturated carbocycles. The Morgan fingerprint density at radius 2 is 2.06 bits per heavy atom. The van der Waals surface area contributed by atoms with Gasteiger partial charge in [0.2, 0.25) is 0 Å². The second-order valence-corrected chi connectivity index (χ2v) is 5.05. The Morgan fingerprint density at radius 1 is 1.29 bits per heavy atom. The molecule has 0 aliphatic carbocycles. The van der Waals surface area contributed by atoms with Crippen molar-refractivity contribution in [1.82, 2.24) is 15.6 Å². The lowest BCUT2D eigenvalue weighted by Crippen LogP contribution is -2.40. The number of benzene rings is 1. The molecule has 5 nitrogen and oxygen atoms in total. The number of para-hydroxylation sites is 1. The van der Waals surface area contributed by atoms with Crippen LogP contribution in [0.15, 0.2) is 24.3 Å². The first-order chi connectivity index (χ1) is 8.09. The van der Waals surface area contributed by atoms with Crippen LogP contribution in [0.2, 0.25) is 0 Å². The average Bonchev–Trinajstić information content (AvgIpc) is 2.81. The van der Waals surface area contributed by atoms with Crippen LogP contribution in [0, 0.1) is 0 Å². The molecule has 3 rings (SSSR count). The summed E-state index contributed by atoms with van der Waals surface area (Å²) in [6.45, 7) is 1.66. The maximum absolute atomic E-state index is 11.8. The lowest BCUT2D eigenvalue weighted by Gasteiger charge is -2.16. The topological polar surface area (TPSA) is 71.1 Å². The first kappa shape index (κ1) is 10.2. The molecule has 0 bridgehead atoms. The van der Waals surface area contributed by atoms with E-state index < -0.39 is 11.6 Å². The molecule has 1 unspecified atom stereocenters. The van der Waals surface area contributed by atoms with Gasteiger partial charge in [-0.3, -0.25) is 10.1 Å². The molecule has 86 valence electrons. The van der Waals surface area contributed by atoms with E-state index in [0.29, 0.717) is 5.01 Å². The Morgan fingerprint density at radius 3 is 2.71 bits per heavy atom. The van der Waals surface area contributed by atoms with E-state index in [-0.39, 0.29) is 5.91 Å². The number of fused-ring (bicyclic) bond motifs is 1. The summed E-state index contributed by atoms with van der Waals surface area (Å²) in [4.78, 5) is 27.3. The van der Waals surface area contributed by atoms with E-state index in [9.17, 15) is 9.59 Å². The number of hydrogen-bond acceptors (Lipinski definition) is 4. The van der Waals surface area contributed by atoms with Crippen molar-refractivity contribution < 1.29 is 9.59 Å². The monoisotopic (exact) mass is 247 g/mol.